The van der Waals surface area contributed by atoms with Crippen molar-refractivity contribution in [2.24, 2.45) is 0 Å². The number of aryl methyl sites for hydroxylation is 1. The molecule has 0 fully saturated rings. The number of aromatic amines is 1. The molecular weight excluding hydrogens is 324 g/mol. The minimum absolute atomic E-state index is 0.269. The highest BCUT2D eigenvalue weighted by molar-refractivity contribution is 6.05. The van der Waals surface area contributed by atoms with Gasteiger partial charge < -0.3 is 10.3 Å². The van der Waals surface area contributed by atoms with Crippen molar-refractivity contribution in [3.05, 3.63) is 65.1 Å². The lowest BCUT2D eigenvalue weighted by molar-refractivity contribution is -0.140. The first-order valence-electron chi connectivity index (χ1n) is 7.01. The van der Waals surface area contributed by atoms with E-state index in [1.165, 1.54) is 0 Å². The van der Waals surface area contributed by atoms with Crippen LogP contribution in [0.4, 0.5) is 23.2 Å². The van der Waals surface area contributed by atoms with Gasteiger partial charge in [-0.05, 0) is 49.4 Å². The van der Waals surface area contributed by atoms with Crippen molar-refractivity contribution < 1.29 is 22.4 Å². The Morgan fingerprint density at radius 3 is 2.54 bits per heavy atom. The number of H-pyrrole nitrogens is 1. The highest BCUT2D eigenvalue weighted by Gasteiger charge is 2.34. The molecule has 24 heavy (non-hydrogen) atoms. The first-order chi connectivity index (χ1) is 11.2. The molecule has 0 atom stereocenters. The summed E-state index contributed by atoms with van der Waals surface area (Å²) in [6, 6.07) is 9.11. The van der Waals surface area contributed by atoms with E-state index in [1.54, 1.807) is 18.2 Å². The van der Waals surface area contributed by atoms with Crippen molar-refractivity contribution in [2.75, 3.05) is 5.32 Å². The topological polar surface area (TPSA) is 44.9 Å². The van der Waals surface area contributed by atoms with E-state index in [2.05, 4.69) is 10.3 Å². The fourth-order valence-electron chi connectivity index (χ4n) is 2.44. The van der Waals surface area contributed by atoms with Gasteiger partial charge in [-0.2, -0.15) is 13.2 Å². The highest BCUT2D eigenvalue weighted by Crippen LogP contribution is 2.32. The normalized spacial score (nSPS) is 11.7. The minimum Gasteiger partial charge on any atom is -0.359 e. The van der Waals surface area contributed by atoms with Gasteiger partial charge in [0, 0.05) is 27.8 Å². The third-order valence-electron chi connectivity index (χ3n) is 3.55. The molecule has 0 radical (unpaired) electrons. The van der Waals surface area contributed by atoms with Crippen LogP contribution >= 0.6 is 0 Å². The van der Waals surface area contributed by atoms with E-state index in [1.807, 2.05) is 13.0 Å². The van der Waals surface area contributed by atoms with Crippen LogP contribution in [0, 0.1) is 12.7 Å². The molecule has 0 unspecified atom stereocenters. The second-order valence-corrected chi connectivity index (χ2v) is 5.40. The lowest BCUT2D eigenvalue weighted by Crippen LogP contribution is -2.15. The maximum atomic E-state index is 13.3. The molecular formula is C17H12F4N2O. The van der Waals surface area contributed by atoms with Gasteiger partial charge in [0.05, 0.1) is 5.56 Å². The maximum absolute atomic E-state index is 13.3. The van der Waals surface area contributed by atoms with Crippen LogP contribution in [0.15, 0.2) is 42.5 Å². The smallest absolute Gasteiger partial charge is 0.359 e. The van der Waals surface area contributed by atoms with Crippen molar-refractivity contribution in [3.63, 3.8) is 0 Å². The van der Waals surface area contributed by atoms with Gasteiger partial charge in [0.2, 0.25) is 0 Å². The Hall–Kier alpha value is -2.83. The van der Waals surface area contributed by atoms with Crippen LogP contribution < -0.4 is 5.32 Å². The molecule has 1 heterocycles. The average Bonchev–Trinajstić information content (AvgIpc) is 2.85. The average molecular weight is 336 g/mol. The molecule has 2 aromatic carbocycles. The summed E-state index contributed by atoms with van der Waals surface area (Å²) in [5.41, 5.74) is 0.527. The largest absolute Gasteiger partial charge is 0.419 e. The number of fused-ring (bicyclic) bond motifs is 1. The number of anilines is 1. The quantitative estimate of drug-likeness (QED) is 0.643. The van der Waals surface area contributed by atoms with Crippen molar-refractivity contribution in [2.45, 2.75) is 13.1 Å². The zero-order valence-electron chi connectivity index (χ0n) is 12.5. The van der Waals surface area contributed by atoms with Gasteiger partial charge in [-0.15, -0.1) is 0 Å². The fraction of sp³-hybridized carbons (Fsp3) is 0.118. The molecule has 7 heteroatoms. The zero-order valence-corrected chi connectivity index (χ0v) is 12.5. The van der Waals surface area contributed by atoms with Crippen LogP contribution in [0.1, 0.15) is 21.6 Å². The number of benzene rings is 2. The summed E-state index contributed by atoms with van der Waals surface area (Å²) < 4.78 is 51.4. The standard InChI is InChI=1S/C17H12F4N2O/c1-9-6-11-7-12(3-5-15(11)22-9)23-16(24)10-2-4-14(18)13(8-10)17(19,20)21/h2-8,22H,1H3,(H,23,24). The third kappa shape index (κ3) is 3.10. The molecule has 0 spiro atoms. The monoisotopic (exact) mass is 336 g/mol. The Bertz CT molecular complexity index is 928. The number of rotatable bonds is 2. The SMILES string of the molecule is Cc1cc2cc(NC(=O)c3ccc(F)c(C(F)(F)F)c3)ccc2[nH]1. The van der Waals surface area contributed by atoms with E-state index in [-0.39, 0.29) is 5.56 Å². The number of aromatic nitrogens is 1. The summed E-state index contributed by atoms with van der Waals surface area (Å²) in [7, 11) is 0. The molecule has 3 rings (SSSR count). The number of amides is 1. The highest BCUT2D eigenvalue weighted by atomic mass is 19.4. The lowest BCUT2D eigenvalue weighted by atomic mass is 10.1. The number of carbonyl (C=O) groups excluding carboxylic acids is 1. The van der Waals surface area contributed by atoms with Gasteiger partial charge in [0.15, 0.2) is 0 Å². The van der Waals surface area contributed by atoms with E-state index in [0.29, 0.717) is 17.8 Å². The molecule has 2 N–H and O–H groups in total. The number of nitrogens with one attached hydrogen (secondary N) is 2. The number of carbonyl (C=O) groups is 1. The molecule has 0 aliphatic carbocycles. The van der Waals surface area contributed by atoms with Gasteiger partial charge in [-0.1, -0.05) is 0 Å². The molecule has 0 saturated carbocycles. The number of hydrogen-bond acceptors (Lipinski definition) is 1. The van der Waals surface area contributed by atoms with Gasteiger partial charge in [0.1, 0.15) is 5.82 Å². The van der Waals surface area contributed by atoms with Gasteiger partial charge >= 0.3 is 6.18 Å². The molecule has 124 valence electrons. The van der Waals surface area contributed by atoms with Crippen molar-refractivity contribution in [1.82, 2.24) is 4.98 Å². The summed E-state index contributed by atoms with van der Waals surface area (Å²) in [6.45, 7) is 1.88. The predicted molar refractivity (Wildman–Crippen MR) is 82.4 cm³/mol. The lowest BCUT2D eigenvalue weighted by Gasteiger charge is -2.10. The molecule has 0 saturated heterocycles. The van der Waals surface area contributed by atoms with Crippen LogP contribution in [-0.2, 0) is 6.18 Å². The van der Waals surface area contributed by atoms with Crippen molar-refractivity contribution in [1.29, 1.82) is 0 Å². The van der Waals surface area contributed by atoms with E-state index in [9.17, 15) is 22.4 Å². The molecule has 3 nitrogen and oxygen atoms in total. The molecule has 1 aromatic heterocycles. The molecule has 1 amide bonds. The molecule has 3 aromatic rings. The van der Waals surface area contributed by atoms with Crippen LogP contribution in [-0.4, -0.2) is 10.9 Å². The van der Waals surface area contributed by atoms with E-state index < -0.39 is 23.5 Å². The number of hydrogen-bond donors (Lipinski definition) is 2. The Morgan fingerprint density at radius 2 is 1.83 bits per heavy atom. The summed E-state index contributed by atoms with van der Waals surface area (Å²) in [4.78, 5) is 15.3. The van der Waals surface area contributed by atoms with Crippen molar-refractivity contribution >= 4 is 22.5 Å². The molecule has 0 aliphatic rings. The first-order valence-corrected chi connectivity index (χ1v) is 7.01. The Balaban J connectivity index is 1.88. The minimum atomic E-state index is -4.86. The first kappa shape index (κ1) is 16.0. The number of halogens is 4. The summed E-state index contributed by atoms with van der Waals surface area (Å²) in [5, 5.41) is 3.38. The van der Waals surface area contributed by atoms with Crippen LogP contribution in [0.5, 0.6) is 0 Å². The second kappa shape index (κ2) is 5.67. The third-order valence-corrected chi connectivity index (χ3v) is 3.55. The predicted octanol–water partition coefficient (Wildman–Crippen LogP) is 4.89. The summed E-state index contributed by atoms with van der Waals surface area (Å²) in [6.07, 6.45) is -4.86. The maximum Gasteiger partial charge on any atom is 0.419 e. The van der Waals surface area contributed by atoms with Crippen molar-refractivity contribution in [3.8, 4) is 0 Å². The van der Waals surface area contributed by atoms with Crippen LogP contribution in [0.25, 0.3) is 10.9 Å². The molecule has 0 bridgehead atoms. The molecule has 0 aliphatic heterocycles. The summed E-state index contributed by atoms with van der Waals surface area (Å²) in [5.74, 6) is -2.16. The number of alkyl halides is 3. The van der Waals surface area contributed by atoms with E-state index in [0.717, 1.165) is 22.7 Å². The Labute approximate surface area is 134 Å². The summed E-state index contributed by atoms with van der Waals surface area (Å²) >= 11 is 0. The van der Waals surface area contributed by atoms with Crippen LogP contribution in [0.2, 0.25) is 0 Å². The van der Waals surface area contributed by atoms with E-state index >= 15 is 0 Å². The second-order valence-electron chi connectivity index (χ2n) is 5.40. The van der Waals surface area contributed by atoms with Gasteiger partial charge in [-0.3, -0.25) is 4.79 Å². The van der Waals surface area contributed by atoms with Crippen LogP contribution in [0.3, 0.4) is 0 Å². The van der Waals surface area contributed by atoms with E-state index in [4.69, 9.17) is 0 Å². The van der Waals surface area contributed by atoms with Gasteiger partial charge in [0.25, 0.3) is 5.91 Å². The Morgan fingerprint density at radius 1 is 1.08 bits per heavy atom. The zero-order chi connectivity index (χ0) is 17.5. The van der Waals surface area contributed by atoms with Gasteiger partial charge in [-0.25, -0.2) is 4.39 Å². The fourth-order valence-corrected chi connectivity index (χ4v) is 2.44. The Kier molecular flexibility index (Phi) is 3.79.